The second kappa shape index (κ2) is 6.52. The Morgan fingerprint density at radius 2 is 1.61 bits per heavy atom. The van der Waals surface area contributed by atoms with Crippen molar-refractivity contribution in [3.8, 4) is 0 Å². The van der Waals surface area contributed by atoms with E-state index in [0.29, 0.717) is 30.5 Å². The average molecular weight is 316 g/mol. The van der Waals surface area contributed by atoms with Crippen LogP contribution in [-0.2, 0) is 4.79 Å². The lowest BCUT2D eigenvalue weighted by molar-refractivity contribution is -0.131. The molecule has 5 heteroatoms. The summed E-state index contributed by atoms with van der Waals surface area (Å²) in [6, 6.07) is 6.83. The van der Waals surface area contributed by atoms with Crippen LogP contribution >= 0.6 is 0 Å². The van der Waals surface area contributed by atoms with Gasteiger partial charge in [0.05, 0.1) is 11.1 Å². The van der Waals surface area contributed by atoms with Crippen LogP contribution in [0.15, 0.2) is 24.3 Å². The smallest absolute Gasteiger partial charge is 0.261 e. The van der Waals surface area contributed by atoms with Gasteiger partial charge in [-0.2, -0.15) is 0 Å². The molecule has 0 aliphatic carbocycles. The fraction of sp³-hybridized carbons (Fsp3) is 0.500. The van der Waals surface area contributed by atoms with Gasteiger partial charge in [0.1, 0.15) is 0 Å². The standard InChI is InChI=1S/C18H24N2O3/c1-18(2,3)12-19(4)15(21)10-7-11-20-16(22)13-8-5-6-9-14(13)17(20)23/h5-6,8-9H,7,10-12H2,1-4H3. The summed E-state index contributed by atoms with van der Waals surface area (Å²) in [6.07, 6.45) is 0.818. The first-order chi connectivity index (χ1) is 10.7. The van der Waals surface area contributed by atoms with Crippen LogP contribution in [0.25, 0.3) is 0 Å². The number of hydrogen-bond donors (Lipinski definition) is 0. The maximum Gasteiger partial charge on any atom is 0.261 e. The number of carbonyl (C=O) groups is 3. The van der Waals surface area contributed by atoms with E-state index in [9.17, 15) is 14.4 Å². The number of amides is 3. The summed E-state index contributed by atoms with van der Waals surface area (Å²) in [7, 11) is 1.79. The molecule has 0 spiro atoms. The number of carbonyl (C=O) groups excluding carboxylic acids is 3. The third-order valence-electron chi connectivity index (χ3n) is 3.79. The van der Waals surface area contributed by atoms with Gasteiger partial charge < -0.3 is 4.90 Å². The molecule has 1 aromatic carbocycles. The molecule has 124 valence electrons. The molecule has 0 unspecified atom stereocenters. The van der Waals surface area contributed by atoms with Crippen LogP contribution < -0.4 is 0 Å². The predicted octanol–water partition coefficient (Wildman–Crippen LogP) is 2.57. The Morgan fingerprint density at radius 3 is 2.09 bits per heavy atom. The van der Waals surface area contributed by atoms with E-state index in [1.165, 1.54) is 4.90 Å². The maximum atomic E-state index is 12.2. The van der Waals surface area contributed by atoms with Gasteiger partial charge in [-0.1, -0.05) is 32.9 Å². The van der Waals surface area contributed by atoms with E-state index in [4.69, 9.17) is 0 Å². The molecule has 0 saturated carbocycles. The number of imide groups is 1. The molecular weight excluding hydrogens is 292 g/mol. The van der Waals surface area contributed by atoms with Gasteiger partial charge in [-0.05, 0) is 24.0 Å². The molecule has 2 rings (SSSR count). The molecule has 1 heterocycles. The first-order valence-electron chi connectivity index (χ1n) is 7.90. The van der Waals surface area contributed by atoms with Gasteiger partial charge in [0.15, 0.2) is 0 Å². The molecule has 0 bridgehead atoms. The highest BCUT2D eigenvalue weighted by atomic mass is 16.2. The van der Waals surface area contributed by atoms with Crippen molar-refractivity contribution < 1.29 is 14.4 Å². The number of fused-ring (bicyclic) bond motifs is 1. The summed E-state index contributed by atoms with van der Waals surface area (Å²) in [4.78, 5) is 39.5. The SMILES string of the molecule is CN(CC(C)(C)C)C(=O)CCCN1C(=O)c2ccccc2C1=O. The van der Waals surface area contributed by atoms with Gasteiger partial charge in [0.2, 0.25) is 5.91 Å². The van der Waals surface area contributed by atoms with E-state index >= 15 is 0 Å². The molecular formula is C18H24N2O3. The highest BCUT2D eigenvalue weighted by Gasteiger charge is 2.34. The van der Waals surface area contributed by atoms with Gasteiger partial charge in [0, 0.05) is 26.6 Å². The van der Waals surface area contributed by atoms with Crippen molar-refractivity contribution in [2.24, 2.45) is 5.41 Å². The van der Waals surface area contributed by atoms with Crippen LogP contribution in [0.1, 0.15) is 54.3 Å². The van der Waals surface area contributed by atoms with E-state index in [2.05, 4.69) is 20.8 Å². The molecule has 1 aliphatic heterocycles. The van der Waals surface area contributed by atoms with Crippen molar-refractivity contribution in [3.05, 3.63) is 35.4 Å². The zero-order valence-corrected chi connectivity index (χ0v) is 14.3. The zero-order valence-electron chi connectivity index (χ0n) is 14.3. The molecule has 1 aromatic rings. The zero-order chi connectivity index (χ0) is 17.2. The summed E-state index contributed by atoms with van der Waals surface area (Å²) >= 11 is 0. The van der Waals surface area contributed by atoms with Crippen LogP contribution in [0.4, 0.5) is 0 Å². The van der Waals surface area contributed by atoms with Crippen molar-refractivity contribution in [2.75, 3.05) is 20.1 Å². The summed E-state index contributed by atoms with van der Waals surface area (Å²) in [5.41, 5.74) is 0.954. The Balaban J connectivity index is 1.87. The van der Waals surface area contributed by atoms with Crippen molar-refractivity contribution in [1.82, 2.24) is 9.80 Å². The predicted molar refractivity (Wildman–Crippen MR) is 88.1 cm³/mol. The van der Waals surface area contributed by atoms with E-state index in [0.717, 1.165) is 0 Å². The normalized spacial score (nSPS) is 14.2. The lowest BCUT2D eigenvalue weighted by Crippen LogP contribution is -2.35. The van der Waals surface area contributed by atoms with Gasteiger partial charge in [-0.25, -0.2) is 0 Å². The molecule has 1 aliphatic rings. The Kier molecular flexibility index (Phi) is 4.88. The van der Waals surface area contributed by atoms with E-state index < -0.39 is 0 Å². The number of rotatable bonds is 5. The molecule has 3 amide bonds. The van der Waals surface area contributed by atoms with E-state index in [-0.39, 0.29) is 29.7 Å². The number of nitrogens with zero attached hydrogens (tertiary/aromatic N) is 2. The van der Waals surface area contributed by atoms with Crippen LogP contribution in [0, 0.1) is 5.41 Å². The summed E-state index contributed by atoms with van der Waals surface area (Å²) in [6.45, 7) is 7.20. The largest absolute Gasteiger partial charge is 0.345 e. The van der Waals surface area contributed by atoms with Gasteiger partial charge >= 0.3 is 0 Å². The lowest BCUT2D eigenvalue weighted by atomic mass is 9.96. The van der Waals surface area contributed by atoms with Crippen molar-refractivity contribution in [2.45, 2.75) is 33.6 Å². The number of benzene rings is 1. The highest BCUT2D eigenvalue weighted by molar-refractivity contribution is 6.21. The first-order valence-corrected chi connectivity index (χ1v) is 7.90. The Labute approximate surface area is 137 Å². The summed E-state index contributed by atoms with van der Waals surface area (Å²) in [5.74, 6) is -0.487. The fourth-order valence-electron chi connectivity index (χ4n) is 2.82. The molecule has 0 N–H and O–H groups in total. The quantitative estimate of drug-likeness (QED) is 0.785. The lowest BCUT2D eigenvalue weighted by Gasteiger charge is -2.26. The van der Waals surface area contributed by atoms with Crippen LogP contribution in [-0.4, -0.2) is 47.7 Å². The summed E-state index contributed by atoms with van der Waals surface area (Å²) < 4.78 is 0. The molecule has 0 atom stereocenters. The second-order valence-corrected chi connectivity index (χ2v) is 7.22. The topological polar surface area (TPSA) is 57.7 Å². The molecule has 23 heavy (non-hydrogen) atoms. The van der Waals surface area contributed by atoms with Crippen LogP contribution in [0.2, 0.25) is 0 Å². The Hall–Kier alpha value is -2.17. The molecule has 0 saturated heterocycles. The van der Waals surface area contributed by atoms with Crippen molar-refractivity contribution >= 4 is 17.7 Å². The minimum Gasteiger partial charge on any atom is -0.345 e. The molecule has 0 radical (unpaired) electrons. The Bertz CT molecular complexity index is 596. The van der Waals surface area contributed by atoms with E-state index in [1.807, 2.05) is 0 Å². The fourth-order valence-corrected chi connectivity index (χ4v) is 2.82. The van der Waals surface area contributed by atoms with Crippen LogP contribution in [0.3, 0.4) is 0 Å². The first kappa shape index (κ1) is 17.2. The average Bonchev–Trinajstić information content (AvgIpc) is 2.71. The van der Waals surface area contributed by atoms with Gasteiger partial charge in [0.25, 0.3) is 11.8 Å². The van der Waals surface area contributed by atoms with E-state index in [1.54, 1.807) is 36.2 Å². The number of hydrogen-bond acceptors (Lipinski definition) is 3. The van der Waals surface area contributed by atoms with Gasteiger partial charge in [-0.3, -0.25) is 19.3 Å². The van der Waals surface area contributed by atoms with Crippen molar-refractivity contribution in [1.29, 1.82) is 0 Å². The minimum absolute atomic E-state index is 0.0385. The Morgan fingerprint density at radius 1 is 1.09 bits per heavy atom. The highest BCUT2D eigenvalue weighted by Crippen LogP contribution is 2.22. The molecule has 0 fully saturated rings. The third-order valence-corrected chi connectivity index (χ3v) is 3.79. The summed E-state index contributed by atoms with van der Waals surface area (Å²) in [5, 5.41) is 0. The molecule has 0 aromatic heterocycles. The third kappa shape index (κ3) is 3.97. The monoisotopic (exact) mass is 316 g/mol. The maximum absolute atomic E-state index is 12.2. The van der Waals surface area contributed by atoms with Gasteiger partial charge in [-0.15, -0.1) is 0 Å². The minimum atomic E-state index is -0.263. The molecule has 5 nitrogen and oxygen atoms in total. The van der Waals surface area contributed by atoms with Crippen molar-refractivity contribution in [3.63, 3.8) is 0 Å². The second-order valence-electron chi connectivity index (χ2n) is 7.22. The van der Waals surface area contributed by atoms with Crippen LogP contribution in [0.5, 0.6) is 0 Å².